The number of hydrogen-bond acceptors (Lipinski definition) is 4. The second kappa shape index (κ2) is 13.9. The van der Waals surface area contributed by atoms with Gasteiger partial charge in [0.25, 0.3) is 0 Å². The zero-order valence-electron chi connectivity index (χ0n) is 13.3. The van der Waals surface area contributed by atoms with Crippen molar-refractivity contribution in [2.24, 2.45) is 5.73 Å². The summed E-state index contributed by atoms with van der Waals surface area (Å²) in [4.78, 5) is 21.7. The van der Waals surface area contributed by atoms with E-state index in [4.69, 9.17) is 15.6 Å². The number of nitrogens with two attached hydrogens (primary N) is 1. The van der Waals surface area contributed by atoms with E-state index in [2.05, 4.69) is 6.92 Å². The van der Waals surface area contributed by atoms with Crippen molar-refractivity contribution in [1.82, 2.24) is 0 Å². The Morgan fingerprint density at radius 1 is 0.952 bits per heavy atom. The molecule has 124 valence electrons. The van der Waals surface area contributed by atoms with Crippen LogP contribution in [0.4, 0.5) is 0 Å². The summed E-state index contributed by atoms with van der Waals surface area (Å²) in [5.41, 5.74) is 5.39. The molecule has 0 saturated heterocycles. The zero-order chi connectivity index (χ0) is 15.9. The monoisotopic (exact) mass is 301 g/mol. The molecule has 0 unspecified atom stereocenters. The van der Waals surface area contributed by atoms with Gasteiger partial charge in [-0.15, -0.1) is 0 Å². The van der Waals surface area contributed by atoms with Crippen LogP contribution in [0.15, 0.2) is 0 Å². The van der Waals surface area contributed by atoms with E-state index in [1.54, 1.807) is 0 Å². The molecule has 0 aliphatic heterocycles. The van der Waals surface area contributed by atoms with Crippen molar-refractivity contribution in [2.45, 2.75) is 83.6 Å². The van der Waals surface area contributed by atoms with Crippen LogP contribution in [0, 0.1) is 0 Å². The summed E-state index contributed by atoms with van der Waals surface area (Å²) in [7, 11) is 0. The van der Waals surface area contributed by atoms with Crippen LogP contribution >= 0.6 is 0 Å². The molecule has 0 aliphatic rings. The van der Waals surface area contributed by atoms with E-state index in [-0.39, 0.29) is 6.42 Å². The van der Waals surface area contributed by atoms with E-state index in [1.165, 1.54) is 44.9 Å². The van der Waals surface area contributed by atoms with E-state index < -0.39 is 18.0 Å². The normalized spacial score (nSPS) is 12.1. The topological polar surface area (TPSA) is 89.6 Å². The Hall–Kier alpha value is -1.10. The maximum Gasteiger partial charge on any atom is 0.323 e. The molecule has 0 bridgehead atoms. The third-order valence-corrected chi connectivity index (χ3v) is 3.44. The molecule has 0 aromatic heterocycles. The number of carboxylic acid groups (broad SMARTS) is 1. The number of unbranched alkanes of at least 4 members (excludes halogenated alkanes) is 9. The number of hydrogen-bond donors (Lipinski definition) is 2. The summed E-state index contributed by atoms with van der Waals surface area (Å²) >= 11 is 0. The molecule has 5 nitrogen and oxygen atoms in total. The molecule has 1 atom stereocenters. The van der Waals surface area contributed by atoms with Crippen LogP contribution in [-0.4, -0.2) is 29.7 Å². The van der Waals surface area contributed by atoms with E-state index in [0.29, 0.717) is 6.61 Å². The highest BCUT2D eigenvalue weighted by Gasteiger charge is 2.17. The first kappa shape index (κ1) is 19.9. The predicted molar refractivity (Wildman–Crippen MR) is 83.0 cm³/mol. The molecule has 5 heteroatoms. The van der Waals surface area contributed by atoms with Gasteiger partial charge in [-0.05, 0) is 6.42 Å². The number of ether oxygens (including phenoxy) is 1. The maximum atomic E-state index is 11.3. The first-order valence-electron chi connectivity index (χ1n) is 8.22. The Kier molecular flexibility index (Phi) is 13.1. The lowest BCUT2D eigenvalue weighted by Gasteiger charge is -2.09. The molecule has 0 amide bonds. The highest BCUT2D eigenvalue weighted by atomic mass is 16.5. The lowest BCUT2D eigenvalue weighted by molar-refractivity contribution is -0.149. The van der Waals surface area contributed by atoms with Crippen molar-refractivity contribution in [3.8, 4) is 0 Å². The molecule has 0 radical (unpaired) electrons. The lowest BCUT2D eigenvalue weighted by atomic mass is 10.1. The molecule has 0 rings (SSSR count). The van der Waals surface area contributed by atoms with Gasteiger partial charge in [0.2, 0.25) is 0 Å². The van der Waals surface area contributed by atoms with Crippen LogP contribution in [0.3, 0.4) is 0 Å². The summed E-state index contributed by atoms with van der Waals surface area (Å²) in [6, 6.07) is -1.05. The molecule has 0 saturated carbocycles. The van der Waals surface area contributed by atoms with Gasteiger partial charge in [-0.25, -0.2) is 0 Å². The number of rotatable bonds is 14. The SMILES string of the molecule is CCCCCCCCCCCCOC(=O)[C@@H](N)CC(=O)O. The lowest BCUT2D eigenvalue weighted by Crippen LogP contribution is -2.34. The van der Waals surface area contributed by atoms with Gasteiger partial charge in [0.15, 0.2) is 0 Å². The predicted octanol–water partition coefficient (Wildman–Crippen LogP) is 3.25. The number of aliphatic carboxylic acids is 1. The van der Waals surface area contributed by atoms with Crippen LogP contribution in [-0.2, 0) is 14.3 Å². The minimum Gasteiger partial charge on any atom is -0.481 e. The van der Waals surface area contributed by atoms with E-state index in [9.17, 15) is 9.59 Å². The average molecular weight is 301 g/mol. The van der Waals surface area contributed by atoms with Crippen molar-refractivity contribution in [1.29, 1.82) is 0 Å². The molecule has 0 aromatic carbocycles. The Bertz CT molecular complexity index is 281. The van der Waals surface area contributed by atoms with E-state index in [0.717, 1.165) is 19.3 Å². The van der Waals surface area contributed by atoms with Crippen molar-refractivity contribution in [2.75, 3.05) is 6.61 Å². The minimum atomic E-state index is -1.08. The van der Waals surface area contributed by atoms with Gasteiger partial charge in [0, 0.05) is 0 Å². The van der Waals surface area contributed by atoms with Crippen molar-refractivity contribution >= 4 is 11.9 Å². The summed E-state index contributed by atoms with van der Waals surface area (Å²) in [5, 5.41) is 8.51. The second-order valence-electron chi connectivity index (χ2n) is 5.55. The molecule has 21 heavy (non-hydrogen) atoms. The third-order valence-electron chi connectivity index (χ3n) is 3.44. The van der Waals surface area contributed by atoms with Crippen LogP contribution in [0.1, 0.15) is 77.6 Å². The standard InChI is InChI=1S/C16H31NO4/c1-2-3-4-5-6-7-8-9-10-11-12-21-16(20)14(17)13-15(18)19/h14H,2-13,17H2,1H3,(H,18,19)/t14-/m0/s1. The Labute approximate surface area is 128 Å². The number of carbonyl (C=O) groups excluding carboxylic acids is 1. The summed E-state index contributed by atoms with van der Waals surface area (Å²) in [6.07, 6.45) is 11.8. The number of esters is 1. The fourth-order valence-electron chi connectivity index (χ4n) is 2.14. The van der Waals surface area contributed by atoms with Crippen LogP contribution < -0.4 is 5.73 Å². The summed E-state index contributed by atoms with van der Waals surface area (Å²) in [5.74, 6) is -1.70. The molecular weight excluding hydrogens is 270 g/mol. The number of carboxylic acids is 1. The summed E-state index contributed by atoms with van der Waals surface area (Å²) < 4.78 is 4.95. The van der Waals surface area contributed by atoms with E-state index in [1.807, 2.05) is 0 Å². The third kappa shape index (κ3) is 13.6. The quantitative estimate of drug-likeness (QED) is 0.380. The summed E-state index contributed by atoms with van der Waals surface area (Å²) in [6.45, 7) is 2.56. The molecule has 0 aromatic rings. The molecule has 0 heterocycles. The molecular formula is C16H31NO4. The smallest absolute Gasteiger partial charge is 0.323 e. The second-order valence-corrected chi connectivity index (χ2v) is 5.55. The highest BCUT2D eigenvalue weighted by molar-refractivity contribution is 5.81. The molecule has 0 fully saturated rings. The Balaban J connectivity index is 3.28. The minimum absolute atomic E-state index is 0.336. The van der Waals surface area contributed by atoms with Crippen LogP contribution in [0.2, 0.25) is 0 Å². The van der Waals surface area contributed by atoms with E-state index >= 15 is 0 Å². The van der Waals surface area contributed by atoms with Gasteiger partial charge >= 0.3 is 11.9 Å². The van der Waals surface area contributed by atoms with Gasteiger partial charge < -0.3 is 15.6 Å². The number of carbonyl (C=O) groups is 2. The molecule has 3 N–H and O–H groups in total. The van der Waals surface area contributed by atoms with Gasteiger partial charge in [-0.2, -0.15) is 0 Å². The Morgan fingerprint density at radius 2 is 1.43 bits per heavy atom. The van der Waals surface area contributed by atoms with Crippen LogP contribution in [0.25, 0.3) is 0 Å². The molecule has 0 aliphatic carbocycles. The van der Waals surface area contributed by atoms with Crippen molar-refractivity contribution in [3.05, 3.63) is 0 Å². The van der Waals surface area contributed by atoms with Gasteiger partial charge in [-0.1, -0.05) is 64.7 Å². The molecule has 0 spiro atoms. The fourth-order valence-corrected chi connectivity index (χ4v) is 2.14. The van der Waals surface area contributed by atoms with Gasteiger partial charge in [0.05, 0.1) is 13.0 Å². The maximum absolute atomic E-state index is 11.3. The largest absolute Gasteiger partial charge is 0.481 e. The highest BCUT2D eigenvalue weighted by Crippen LogP contribution is 2.10. The first-order chi connectivity index (χ1) is 10.1. The van der Waals surface area contributed by atoms with Crippen LogP contribution in [0.5, 0.6) is 0 Å². The fraction of sp³-hybridized carbons (Fsp3) is 0.875. The first-order valence-corrected chi connectivity index (χ1v) is 8.22. The van der Waals surface area contributed by atoms with Crippen molar-refractivity contribution in [3.63, 3.8) is 0 Å². The Morgan fingerprint density at radius 3 is 1.90 bits per heavy atom. The van der Waals surface area contributed by atoms with Gasteiger partial charge in [0.1, 0.15) is 6.04 Å². The zero-order valence-corrected chi connectivity index (χ0v) is 13.3. The van der Waals surface area contributed by atoms with Gasteiger partial charge in [-0.3, -0.25) is 9.59 Å². The average Bonchev–Trinajstić information content (AvgIpc) is 2.43. The van der Waals surface area contributed by atoms with Crippen molar-refractivity contribution < 1.29 is 19.4 Å².